The lowest BCUT2D eigenvalue weighted by atomic mass is 9.67. The van der Waals surface area contributed by atoms with E-state index in [1.165, 1.54) is 6.42 Å². The third-order valence-electron chi connectivity index (χ3n) is 4.41. The summed E-state index contributed by atoms with van der Waals surface area (Å²) in [6, 6.07) is 7.85. The molecule has 3 unspecified atom stereocenters. The maximum atomic E-state index is 10.9. The molecule has 1 saturated carbocycles. The van der Waals surface area contributed by atoms with E-state index in [0.717, 1.165) is 24.2 Å². The highest BCUT2D eigenvalue weighted by molar-refractivity contribution is 5.31. The van der Waals surface area contributed by atoms with Gasteiger partial charge in [0.25, 0.3) is 0 Å². The minimum Gasteiger partial charge on any atom is -0.497 e. The first-order chi connectivity index (χ1) is 8.08. The zero-order chi connectivity index (χ0) is 12.5. The molecule has 0 bridgehead atoms. The topological polar surface area (TPSA) is 29.5 Å². The molecule has 0 saturated heterocycles. The van der Waals surface area contributed by atoms with E-state index in [4.69, 9.17) is 4.74 Å². The molecule has 17 heavy (non-hydrogen) atoms. The first-order valence-corrected chi connectivity index (χ1v) is 6.45. The smallest absolute Gasteiger partial charge is 0.118 e. The van der Waals surface area contributed by atoms with Crippen molar-refractivity contribution < 1.29 is 9.84 Å². The van der Waals surface area contributed by atoms with Gasteiger partial charge in [-0.25, -0.2) is 0 Å². The van der Waals surface area contributed by atoms with Crippen LogP contribution in [0.1, 0.15) is 38.7 Å². The summed E-state index contributed by atoms with van der Waals surface area (Å²) in [7, 11) is 1.66. The van der Waals surface area contributed by atoms with Crippen LogP contribution in [0.25, 0.3) is 0 Å². The van der Waals surface area contributed by atoms with E-state index in [9.17, 15) is 5.11 Å². The average molecular weight is 234 g/mol. The van der Waals surface area contributed by atoms with Crippen LogP contribution in [0.15, 0.2) is 24.3 Å². The van der Waals surface area contributed by atoms with Gasteiger partial charge in [0.2, 0.25) is 0 Å². The fourth-order valence-corrected chi connectivity index (χ4v) is 2.93. The molecular formula is C15H22O2. The zero-order valence-corrected chi connectivity index (χ0v) is 10.9. The first-order valence-electron chi connectivity index (χ1n) is 6.45. The second-order valence-electron chi connectivity index (χ2n) is 5.31. The number of rotatable bonds is 2. The summed E-state index contributed by atoms with van der Waals surface area (Å²) in [5.41, 5.74) is 0.363. The highest BCUT2D eigenvalue weighted by Gasteiger charge is 2.40. The Hall–Kier alpha value is -1.02. The van der Waals surface area contributed by atoms with Gasteiger partial charge < -0.3 is 9.84 Å². The van der Waals surface area contributed by atoms with Crippen molar-refractivity contribution in [2.75, 3.05) is 7.11 Å². The number of methoxy groups -OCH3 is 1. The maximum absolute atomic E-state index is 10.9. The standard InChI is InChI=1S/C15H22O2/c1-11-5-4-10-15(16,12(11)2)13-6-8-14(17-3)9-7-13/h6-9,11-12,16H,4-5,10H2,1-3H3. The molecule has 0 aliphatic heterocycles. The molecule has 2 rings (SSSR count). The molecule has 1 N–H and O–H groups in total. The Morgan fingerprint density at radius 2 is 1.88 bits per heavy atom. The van der Waals surface area contributed by atoms with E-state index in [1.54, 1.807) is 7.11 Å². The van der Waals surface area contributed by atoms with Gasteiger partial charge >= 0.3 is 0 Å². The summed E-state index contributed by atoms with van der Waals surface area (Å²) in [5.74, 6) is 1.73. The van der Waals surface area contributed by atoms with Crippen molar-refractivity contribution in [3.8, 4) is 5.75 Å². The Balaban J connectivity index is 2.29. The second kappa shape index (κ2) is 4.69. The van der Waals surface area contributed by atoms with Gasteiger partial charge in [-0.2, -0.15) is 0 Å². The molecule has 1 aliphatic carbocycles. The van der Waals surface area contributed by atoms with Crippen LogP contribution in [0, 0.1) is 11.8 Å². The highest BCUT2D eigenvalue weighted by Crippen LogP contribution is 2.44. The SMILES string of the molecule is COc1ccc(C2(O)CCCC(C)C2C)cc1. The molecule has 2 heteroatoms. The first kappa shape index (κ1) is 12.4. The lowest BCUT2D eigenvalue weighted by Gasteiger charge is -2.42. The van der Waals surface area contributed by atoms with Gasteiger partial charge in [-0.1, -0.05) is 32.4 Å². The van der Waals surface area contributed by atoms with Crippen LogP contribution in [0.4, 0.5) is 0 Å². The van der Waals surface area contributed by atoms with Gasteiger partial charge in [-0.15, -0.1) is 0 Å². The van der Waals surface area contributed by atoms with Gasteiger partial charge in [0, 0.05) is 0 Å². The van der Waals surface area contributed by atoms with Crippen molar-refractivity contribution in [3.05, 3.63) is 29.8 Å². The molecule has 0 heterocycles. The Bertz CT molecular complexity index is 371. The Kier molecular flexibility index (Phi) is 3.43. The third-order valence-corrected chi connectivity index (χ3v) is 4.41. The van der Waals surface area contributed by atoms with E-state index < -0.39 is 5.60 Å². The molecule has 0 spiro atoms. The Morgan fingerprint density at radius 3 is 2.47 bits per heavy atom. The van der Waals surface area contributed by atoms with Gasteiger partial charge in [-0.3, -0.25) is 0 Å². The molecule has 0 aromatic heterocycles. The largest absolute Gasteiger partial charge is 0.497 e. The molecule has 1 aliphatic rings. The molecular weight excluding hydrogens is 212 g/mol. The van der Waals surface area contributed by atoms with Crippen molar-refractivity contribution in [2.45, 2.75) is 38.7 Å². The maximum Gasteiger partial charge on any atom is 0.118 e. The van der Waals surface area contributed by atoms with E-state index in [1.807, 2.05) is 24.3 Å². The van der Waals surface area contributed by atoms with Crippen molar-refractivity contribution >= 4 is 0 Å². The molecule has 3 atom stereocenters. The van der Waals surface area contributed by atoms with E-state index in [0.29, 0.717) is 11.8 Å². The van der Waals surface area contributed by atoms with Crippen LogP contribution in [0.5, 0.6) is 5.75 Å². The summed E-state index contributed by atoms with van der Waals surface area (Å²) in [6.07, 6.45) is 3.19. The molecule has 1 fully saturated rings. The van der Waals surface area contributed by atoms with Crippen LogP contribution in [0.3, 0.4) is 0 Å². The Labute approximate surface area is 104 Å². The predicted molar refractivity (Wildman–Crippen MR) is 69.1 cm³/mol. The monoisotopic (exact) mass is 234 g/mol. The predicted octanol–water partition coefficient (Wildman–Crippen LogP) is 3.34. The summed E-state index contributed by atoms with van der Waals surface area (Å²) < 4.78 is 5.16. The fourth-order valence-electron chi connectivity index (χ4n) is 2.93. The Morgan fingerprint density at radius 1 is 1.24 bits per heavy atom. The average Bonchev–Trinajstić information content (AvgIpc) is 2.36. The van der Waals surface area contributed by atoms with Crippen molar-refractivity contribution in [3.63, 3.8) is 0 Å². The number of ether oxygens (including phenoxy) is 1. The van der Waals surface area contributed by atoms with Gasteiger partial charge in [0.05, 0.1) is 12.7 Å². The normalized spacial score (nSPS) is 33.4. The number of hydrogen-bond donors (Lipinski definition) is 1. The molecule has 2 nitrogen and oxygen atoms in total. The summed E-state index contributed by atoms with van der Waals surface area (Å²) in [4.78, 5) is 0. The lowest BCUT2D eigenvalue weighted by molar-refractivity contribution is -0.0688. The zero-order valence-electron chi connectivity index (χ0n) is 10.9. The van der Waals surface area contributed by atoms with Gasteiger partial charge in [0.1, 0.15) is 5.75 Å². The second-order valence-corrected chi connectivity index (χ2v) is 5.31. The minimum atomic E-state index is -0.663. The minimum absolute atomic E-state index is 0.310. The summed E-state index contributed by atoms with van der Waals surface area (Å²) in [5, 5.41) is 10.9. The molecule has 0 radical (unpaired) electrons. The van der Waals surface area contributed by atoms with Crippen LogP contribution >= 0.6 is 0 Å². The van der Waals surface area contributed by atoms with Crippen LogP contribution in [0.2, 0.25) is 0 Å². The van der Waals surface area contributed by atoms with Crippen molar-refractivity contribution in [1.82, 2.24) is 0 Å². The number of aliphatic hydroxyl groups is 1. The van der Waals surface area contributed by atoms with E-state index in [2.05, 4.69) is 13.8 Å². The van der Waals surface area contributed by atoms with Crippen LogP contribution < -0.4 is 4.74 Å². The van der Waals surface area contributed by atoms with E-state index in [-0.39, 0.29) is 0 Å². The summed E-state index contributed by atoms with van der Waals surface area (Å²) >= 11 is 0. The quantitative estimate of drug-likeness (QED) is 0.850. The van der Waals surface area contributed by atoms with Crippen LogP contribution in [-0.4, -0.2) is 12.2 Å². The fraction of sp³-hybridized carbons (Fsp3) is 0.600. The third kappa shape index (κ3) is 2.19. The molecule has 1 aromatic rings. The summed E-state index contributed by atoms with van der Waals surface area (Å²) in [6.45, 7) is 4.40. The number of hydrogen-bond acceptors (Lipinski definition) is 2. The molecule has 0 amide bonds. The van der Waals surface area contributed by atoms with Gasteiger partial charge in [-0.05, 0) is 42.4 Å². The number of benzene rings is 1. The van der Waals surface area contributed by atoms with Crippen molar-refractivity contribution in [1.29, 1.82) is 0 Å². The van der Waals surface area contributed by atoms with E-state index >= 15 is 0 Å². The van der Waals surface area contributed by atoms with Gasteiger partial charge in [0.15, 0.2) is 0 Å². The highest BCUT2D eigenvalue weighted by atomic mass is 16.5. The van der Waals surface area contributed by atoms with Crippen LogP contribution in [-0.2, 0) is 5.60 Å². The molecule has 94 valence electrons. The van der Waals surface area contributed by atoms with Crippen molar-refractivity contribution in [2.24, 2.45) is 11.8 Å². The molecule has 1 aromatic carbocycles. The lowest BCUT2D eigenvalue weighted by Crippen LogP contribution is -2.40.